The van der Waals surface area contributed by atoms with Crippen molar-refractivity contribution in [2.24, 2.45) is 0 Å². The SMILES string of the molecule is C[C@H]1CN(C(=O)c2n[nH]c3ccccc23)CCN1CC(=O)c1ccc(F)cc1. The molecule has 6 nitrogen and oxygen atoms in total. The summed E-state index contributed by atoms with van der Waals surface area (Å²) in [4.78, 5) is 29.2. The lowest BCUT2D eigenvalue weighted by atomic mass is 10.1. The quantitative estimate of drug-likeness (QED) is 0.707. The number of hydrogen-bond donors (Lipinski definition) is 1. The molecule has 4 rings (SSSR count). The number of carbonyl (C=O) groups is 2. The maximum atomic E-state index is 13.0. The van der Waals surface area contributed by atoms with Gasteiger partial charge in [-0.05, 0) is 37.3 Å². The number of nitrogens with one attached hydrogen (secondary N) is 1. The van der Waals surface area contributed by atoms with Gasteiger partial charge in [0, 0.05) is 36.6 Å². The fraction of sp³-hybridized carbons (Fsp3) is 0.286. The van der Waals surface area contributed by atoms with Crippen LogP contribution in [0.25, 0.3) is 10.9 Å². The first-order valence-electron chi connectivity index (χ1n) is 9.28. The highest BCUT2D eigenvalue weighted by atomic mass is 19.1. The van der Waals surface area contributed by atoms with Crippen molar-refractivity contribution in [1.29, 1.82) is 0 Å². The van der Waals surface area contributed by atoms with E-state index in [9.17, 15) is 14.0 Å². The number of benzene rings is 2. The van der Waals surface area contributed by atoms with E-state index < -0.39 is 0 Å². The number of para-hydroxylation sites is 1. The highest BCUT2D eigenvalue weighted by Gasteiger charge is 2.30. The number of nitrogens with zero attached hydrogens (tertiary/aromatic N) is 3. The van der Waals surface area contributed by atoms with E-state index in [0.29, 0.717) is 30.9 Å². The van der Waals surface area contributed by atoms with E-state index in [0.717, 1.165) is 10.9 Å². The van der Waals surface area contributed by atoms with Crippen LogP contribution in [0.15, 0.2) is 48.5 Å². The van der Waals surface area contributed by atoms with E-state index in [4.69, 9.17) is 0 Å². The Kier molecular flexibility index (Phi) is 4.92. The summed E-state index contributed by atoms with van der Waals surface area (Å²) in [7, 11) is 0. The molecule has 0 saturated carbocycles. The monoisotopic (exact) mass is 380 g/mol. The minimum atomic E-state index is -0.358. The first kappa shape index (κ1) is 18.3. The number of aromatic amines is 1. The molecule has 1 amide bonds. The maximum Gasteiger partial charge on any atom is 0.275 e. The zero-order chi connectivity index (χ0) is 19.7. The molecule has 1 aromatic heterocycles. The average molecular weight is 380 g/mol. The van der Waals surface area contributed by atoms with Crippen molar-refractivity contribution < 1.29 is 14.0 Å². The van der Waals surface area contributed by atoms with E-state index in [1.54, 1.807) is 4.90 Å². The third-order valence-electron chi connectivity index (χ3n) is 5.24. The number of piperazine rings is 1. The molecule has 1 aliphatic rings. The van der Waals surface area contributed by atoms with Crippen LogP contribution in [-0.2, 0) is 0 Å². The number of halogens is 1. The Bertz CT molecular complexity index is 1010. The summed E-state index contributed by atoms with van der Waals surface area (Å²) < 4.78 is 13.0. The molecule has 7 heteroatoms. The van der Waals surface area contributed by atoms with E-state index >= 15 is 0 Å². The van der Waals surface area contributed by atoms with Crippen LogP contribution in [0.1, 0.15) is 27.8 Å². The maximum absolute atomic E-state index is 13.0. The average Bonchev–Trinajstić information content (AvgIpc) is 3.13. The van der Waals surface area contributed by atoms with Gasteiger partial charge >= 0.3 is 0 Å². The predicted molar refractivity (Wildman–Crippen MR) is 104 cm³/mol. The van der Waals surface area contributed by atoms with Crippen LogP contribution in [-0.4, -0.2) is 63.9 Å². The zero-order valence-corrected chi connectivity index (χ0v) is 15.6. The number of H-pyrrole nitrogens is 1. The molecule has 0 unspecified atom stereocenters. The summed E-state index contributed by atoms with van der Waals surface area (Å²) in [5.74, 6) is -0.512. The van der Waals surface area contributed by atoms with Gasteiger partial charge in [0.05, 0.1) is 12.1 Å². The van der Waals surface area contributed by atoms with Crippen LogP contribution >= 0.6 is 0 Å². The predicted octanol–water partition coefficient (Wildman–Crippen LogP) is 2.73. The van der Waals surface area contributed by atoms with Gasteiger partial charge in [0.1, 0.15) is 5.82 Å². The van der Waals surface area contributed by atoms with Gasteiger partial charge in [0.15, 0.2) is 11.5 Å². The highest BCUT2D eigenvalue weighted by molar-refractivity contribution is 6.04. The van der Waals surface area contributed by atoms with Crippen molar-refractivity contribution in [2.75, 3.05) is 26.2 Å². The number of ketones is 1. The number of hydrogen-bond acceptors (Lipinski definition) is 4. The Morgan fingerprint density at radius 2 is 1.89 bits per heavy atom. The van der Waals surface area contributed by atoms with Gasteiger partial charge in [-0.25, -0.2) is 4.39 Å². The minimum Gasteiger partial charge on any atom is -0.334 e. The van der Waals surface area contributed by atoms with Crippen LogP contribution in [0.3, 0.4) is 0 Å². The first-order chi connectivity index (χ1) is 13.5. The molecule has 3 aromatic rings. The Morgan fingerprint density at radius 3 is 2.64 bits per heavy atom. The molecule has 1 saturated heterocycles. The van der Waals surface area contributed by atoms with Gasteiger partial charge in [-0.2, -0.15) is 5.10 Å². The lowest BCUT2D eigenvalue weighted by molar-refractivity contribution is 0.0498. The van der Waals surface area contributed by atoms with Crippen molar-refractivity contribution >= 4 is 22.6 Å². The summed E-state index contributed by atoms with van der Waals surface area (Å²) >= 11 is 0. The van der Waals surface area contributed by atoms with Gasteiger partial charge in [0.2, 0.25) is 0 Å². The van der Waals surface area contributed by atoms with Crippen LogP contribution in [0.5, 0.6) is 0 Å². The summed E-state index contributed by atoms with van der Waals surface area (Å²) in [5, 5.41) is 7.91. The van der Waals surface area contributed by atoms with Crippen molar-refractivity contribution in [2.45, 2.75) is 13.0 Å². The van der Waals surface area contributed by atoms with Crippen molar-refractivity contribution in [1.82, 2.24) is 20.0 Å². The third-order valence-corrected chi connectivity index (χ3v) is 5.24. The van der Waals surface area contributed by atoms with Crippen molar-refractivity contribution in [3.8, 4) is 0 Å². The summed E-state index contributed by atoms with van der Waals surface area (Å²) in [6.45, 7) is 3.90. The molecule has 2 heterocycles. The molecule has 0 spiro atoms. The lowest BCUT2D eigenvalue weighted by Crippen LogP contribution is -2.54. The second-order valence-corrected chi connectivity index (χ2v) is 7.12. The largest absolute Gasteiger partial charge is 0.334 e. The Hall–Kier alpha value is -3.06. The van der Waals surface area contributed by atoms with Gasteiger partial charge in [-0.3, -0.25) is 19.6 Å². The second kappa shape index (κ2) is 7.52. The molecule has 1 aliphatic heterocycles. The molecule has 1 N–H and O–H groups in total. The van der Waals surface area contributed by atoms with Crippen molar-refractivity contribution in [3.05, 3.63) is 65.6 Å². The third kappa shape index (κ3) is 3.53. The molecule has 0 radical (unpaired) electrons. The normalized spacial score (nSPS) is 17.8. The Morgan fingerprint density at radius 1 is 1.14 bits per heavy atom. The number of Topliss-reactive ketones (excluding diaryl/α,β-unsaturated/α-hetero) is 1. The van der Waals surface area contributed by atoms with Gasteiger partial charge < -0.3 is 4.90 Å². The van der Waals surface area contributed by atoms with Crippen LogP contribution in [0, 0.1) is 5.82 Å². The summed E-state index contributed by atoms with van der Waals surface area (Å²) in [6, 6.07) is 13.2. The topological polar surface area (TPSA) is 69.3 Å². The summed E-state index contributed by atoms with van der Waals surface area (Å²) in [5.41, 5.74) is 1.76. The van der Waals surface area contributed by atoms with E-state index in [1.165, 1.54) is 24.3 Å². The van der Waals surface area contributed by atoms with Crippen LogP contribution in [0.4, 0.5) is 4.39 Å². The highest BCUT2D eigenvalue weighted by Crippen LogP contribution is 2.19. The van der Waals surface area contributed by atoms with Crippen LogP contribution < -0.4 is 0 Å². The van der Waals surface area contributed by atoms with Gasteiger partial charge in [-0.1, -0.05) is 18.2 Å². The molecule has 0 aliphatic carbocycles. The number of carbonyl (C=O) groups excluding carboxylic acids is 2. The number of fused-ring (bicyclic) bond motifs is 1. The first-order valence-corrected chi connectivity index (χ1v) is 9.28. The van der Waals surface area contributed by atoms with E-state index in [-0.39, 0.29) is 30.1 Å². The number of aromatic nitrogens is 2. The molecular weight excluding hydrogens is 359 g/mol. The standard InChI is InChI=1S/C21H21FN4O2/c1-14-12-26(21(28)20-17-4-2-3-5-18(17)23-24-20)11-10-25(14)13-19(27)15-6-8-16(22)9-7-15/h2-9,14H,10-13H2,1H3,(H,23,24)/t14-/m0/s1. The summed E-state index contributed by atoms with van der Waals surface area (Å²) in [6.07, 6.45) is 0. The zero-order valence-electron chi connectivity index (χ0n) is 15.6. The van der Waals surface area contributed by atoms with Gasteiger partial charge in [0.25, 0.3) is 5.91 Å². The fourth-order valence-corrected chi connectivity index (χ4v) is 3.60. The Balaban J connectivity index is 1.41. The molecule has 1 atom stereocenters. The molecule has 28 heavy (non-hydrogen) atoms. The fourth-order valence-electron chi connectivity index (χ4n) is 3.60. The van der Waals surface area contributed by atoms with Gasteiger partial charge in [-0.15, -0.1) is 0 Å². The number of amides is 1. The molecule has 2 aromatic carbocycles. The number of rotatable bonds is 4. The Labute approximate surface area is 161 Å². The smallest absolute Gasteiger partial charge is 0.275 e. The minimum absolute atomic E-state index is 0.0345. The van der Waals surface area contributed by atoms with Crippen LogP contribution in [0.2, 0.25) is 0 Å². The molecule has 1 fully saturated rings. The molecule has 144 valence electrons. The lowest BCUT2D eigenvalue weighted by Gasteiger charge is -2.39. The molecule has 0 bridgehead atoms. The van der Waals surface area contributed by atoms with E-state index in [2.05, 4.69) is 15.1 Å². The molecular formula is C21H21FN4O2. The van der Waals surface area contributed by atoms with E-state index in [1.807, 2.05) is 31.2 Å². The van der Waals surface area contributed by atoms with Crippen molar-refractivity contribution in [3.63, 3.8) is 0 Å². The second-order valence-electron chi connectivity index (χ2n) is 7.12.